The standard InChI is InChI=1S/C17H26Br2O/c1-3-4-5-6-7-8-9-10-17(20)14-12-15(18)13(2)11-16(14)19/h11-12,17,20H,3-10H2,1-2H3. The van der Waals surface area contributed by atoms with E-state index in [1.807, 2.05) is 6.07 Å². The highest BCUT2D eigenvalue weighted by Gasteiger charge is 2.12. The van der Waals surface area contributed by atoms with Gasteiger partial charge in [0, 0.05) is 8.95 Å². The molecule has 1 nitrogen and oxygen atoms in total. The van der Waals surface area contributed by atoms with E-state index in [1.54, 1.807) is 0 Å². The number of hydrogen-bond donors (Lipinski definition) is 1. The van der Waals surface area contributed by atoms with Gasteiger partial charge in [-0.3, -0.25) is 0 Å². The second-order valence-electron chi connectivity index (χ2n) is 5.55. The molecular weight excluding hydrogens is 380 g/mol. The van der Waals surface area contributed by atoms with Crippen LogP contribution in [-0.4, -0.2) is 5.11 Å². The van der Waals surface area contributed by atoms with Crippen molar-refractivity contribution >= 4 is 31.9 Å². The number of aliphatic hydroxyl groups is 1. The number of benzene rings is 1. The number of unbranched alkanes of at least 4 members (excludes halogenated alkanes) is 6. The van der Waals surface area contributed by atoms with Gasteiger partial charge in [-0.05, 0) is 36.6 Å². The molecule has 0 spiro atoms. The number of halogens is 2. The lowest BCUT2D eigenvalue weighted by Crippen LogP contribution is -1.99. The van der Waals surface area contributed by atoms with Crippen LogP contribution in [0.5, 0.6) is 0 Å². The molecule has 1 aromatic rings. The van der Waals surface area contributed by atoms with Crippen LogP contribution in [0.1, 0.15) is 75.5 Å². The second kappa shape index (κ2) is 9.97. The molecule has 1 unspecified atom stereocenters. The first-order valence-electron chi connectivity index (χ1n) is 7.69. The van der Waals surface area contributed by atoms with Crippen molar-refractivity contribution in [2.45, 2.75) is 71.3 Å². The molecular formula is C17H26Br2O. The zero-order valence-electron chi connectivity index (χ0n) is 12.6. The van der Waals surface area contributed by atoms with Crippen molar-refractivity contribution in [1.29, 1.82) is 0 Å². The van der Waals surface area contributed by atoms with Crippen molar-refractivity contribution in [1.82, 2.24) is 0 Å². The Morgan fingerprint density at radius 1 is 0.950 bits per heavy atom. The van der Waals surface area contributed by atoms with E-state index in [9.17, 15) is 5.11 Å². The van der Waals surface area contributed by atoms with Crippen LogP contribution < -0.4 is 0 Å². The lowest BCUT2D eigenvalue weighted by atomic mass is 10.0. The van der Waals surface area contributed by atoms with E-state index < -0.39 is 0 Å². The molecule has 3 heteroatoms. The maximum atomic E-state index is 10.3. The van der Waals surface area contributed by atoms with Crippen molar-refractivity contribution in [2.75, 3.05) is 0 Å². The van der Waals surface area contributed by atoms with Crippen LogP contribution in [0.4, 0.5) is 0 Å². The fourth-order valence-corrected chi connectivity index (χ4v) is 3.45. The number of aliphatic hydroxyl groups excluding tert-OH is 1. The lowest BCUT2D eigenvalue weighted by molar-refractivity contribution is 0.162. The fraction of sp³-hybridized carbons (Fsp3) is 0.647. The Morgan fingerprint density at radius 3 is 2.20 bits per heavy atom. The molecule has 0 bridgehead atoms. The van der Waals surface area contributed by atoms with Gasteiger partial charge in [0.05, 0.1) is 6.10 Å². The molecule has 1 rings (SSSR count). The van der Waals surface area contributed by atoms with Crippen molar-refractivity contribution < 1.29 is 5.11 Å². The highest BCUT2D eigenvalue weighted by molar-refractivity contribution is 9.11. The van der Waals surface area contributed by atoms with Crippen LogP contribution in [0.25, 0.3) is 0 Å². The summed E-state index contributed by atoms with van der Waals surface area (Å²) in [5.41, 5.74) is 2.18. The van der Waals surface area contributed by atoms with Gasteiger partial charge >= 0.3 is 0 Å². The molecule has 0 radical (unpaired) electrons. The van der Waals surface area contributed by atoms with Crippen molar-refractivity contribution in [2.24, 2.45) is 0 Å². The molecule has 0 saturated carbocycles. The molecule has 0 aliphatic carbocycles. The topological polar surface area (TPSA) is 20.2 Å². The monoisotopic (exact) mass is 404 g/mol. The molecule has 1 N–H and O–H groups in total. The molecule has 1 aromatic carbocycles. The Morgan fingerprint density at radius 2 is 1.55 bits per heavy atom. The molecule has 0 saturated heterocycles. The van der Waals surface area contributed by atoms with E-state index in [2.05, 4.69) is 51.8 Å². The van der Waals surface area contributed by atoms with Crippen LogP contribution >= 0.6 is 31.9 Å². The van der Waals surface area contributed by atoms with Crippen LogP contribution in [0.2, 0.25) is 0 Å². The maximum Gasteiger partial charge on any atom is 0.0801 e. The van der Waals surface area contributed by atoms with Gasteiger partial charge in [0.1, 0.15) is 0 Å². The van der Waals surface area contributed by atoms with Gasteiger partial charge in [0.15, 0.2) is 0 Å². The largest absolute Gasteiger partial charge is 0.388 e. The molecule has 0 aliphatic heterocycles. The Bertz CT molecular complexity index is 404. The Hall–Kier alpha value is 0.140. The van der Waals surface area contributed by atoms with Crippen LogP contribution in [0, 0.1) is 6.92 Å². The average molecular weight is 406 g/mol. The molecule has 0 amide bonds. The first kappa shape index (κ1) is 18.2. The highest BCUT2D eigenvalue weighted by Crippen LogP contribution is 2.32. The molecule has 0 fully saturated rings. The average Bonchev–Trinajstić information content (AvgIpc) is 2.41. The van der Waals surface area contributed by atoms with Gasteiger partial charge in [-0.15, -0.1) is 0 Å². The van der Waals surface area contributed by atoms with Gasteiger partial charge in [0.25, 0.3) is 0 Å². The summed E-state index contributed by atoms with van der Waals surface area (Å²) in [4.78, 5) is 0. The summed E-state index contributed by atoms with van der Waals surface area (Å²) < 4.78 is 2.07. The summed E-state index contributed by atoms with van der Waals surface area (Å²) in [6.07, 6.45) is 9.46. The van der Waals surface area contributed by atoms with Gasteiger partial charge in [-0.1, -0.05) is 83.7 Å². The van der Waals surface area contributed by atoms with E-state index in [0.29, 0.717) is 0 Å². The molecule has 20 heavy (non-hydrogen) atoms. The minimum Gasteiger partial charge on any atom is -0.388 e. The first-order valence-corrected chi connectivity index (χ1v) is 9.28. The summed E-state index contributed by atoms with van der Waals surface area (Å²) >= 11 is 7.09. The second-order valence-corrected chi connectivity index (χ2v) is 7.26. The quantitative estimate of drug-likeness (QED) is 0.453. The molecule has 114 valence electrons. The predicted molar refractivity (Wildman–Crippen MR) is 94.1 cm³/mol. The smallest absolute Gasteiger partial charge is 0.0801 e. The zero-order chi connectivity index (χ0) is 15.0. The van der Waals surface area contributed by atoms with Crippen molar-refractivity contribution in [3.05, 3.63) is 32.2 Å². The van der Waals surface area contributed by atoms with E-state index in [0.717, 1.165) is 27.4 Å². The van der Waals surface area contributed by atoms with Crippen molar-refractivity contribution in [3.8, 4) is 0 Å². The Kier molecular flexibility index (Phi) is 9.06. The van der Waals surface area contributed by atoms with Gasteiger partial charge in [-0.2, -0.15) is 0 Å². The van der Waals surface area contributed by atoms with E-state index in [4.69, 9.17) is 0 Å². The summed E-state index contributed by atoms with van der Waals surface area (Å²) in [7, 11) is 0. The summed E-state index contributed by atoms with van der Waals surface area (Å²) in [6.45, 7) is 4.30. The van der Waals surface area contributed by atoms with E-state index >= 15 is 0 Å². The summed E-state index contributed by atoms with van der Waals surface area (Å²) in [5.74, 6) is 0. The molecule has 0 aromatic heterocycles. The normalized spacial score (nSPS) is 12.7. The fourth-order valence-electron chi connectivity index (χ4n) is 2.37. The molecule has 0 heterocycles. The maximum absolute atomic E-state index is 10.3. The molecule has 0 aliphatic rings. The van der Waals surface area contributed by atoms with E-state index in [1.165, 1.54) is 44.1 Å². The van der Waals surface area contributed by atoms with Gasteiger partial charge in [-0.25, -0.2) is 0 Å². The van der Waals surface area contributed by atoms with Crippen LogP contribution in [0.15, 0.2) is 21.1 Å². The first-order chi connectivity index (χ1) is 9.56. The lowest BCUT2D eigenvalue weighted by Gasteiger charge is -2.14. The Labute approximate surface area is 140 Å². The number of hydrogen-bond acceptors (Lipinski definition) is 1. The predicted octanol–water partition coefficient (Wildman–Crippen LogP) is 6.69. The van der Waals surface area contributed by atoms with Crippen LogP contribution in [-0.2, 0) is 0 Å². The number of aryl methyl sites for hydroxylation is 1. The third-order valence-corrected chi connectivity index (χ3v) is 5.26. The minimum absolute atomic E-state index is 0.364. The van der Waals surface area contributed by atoms with Gasteiger partial charge in [0.2, 0.25) is 0 Å². The molecule has 1 atom stereocenters. The minimum atomic E-state index is -0.364. The SMILES string of the molecule is CCCCCCCCCC(O)c1cc(Br)c(C)cc1Br. The summed E-state index contributed by atoms with van der Waals surface area (Å²) in [6, 6.07) is 4.10. The zero-order valence-corrected chi connectivity index (χ0v) is 15.8. The van der Waals surface area contributed by atoms with Crippen LogP contribution in [0.3, 0.4) is 0 Å². The third-order valence-electron chi connectivity index (χ3n) is 3.72. The third kappa shape index (κ3) is 6.28. The summed E-state index contributed by atoms with van der Waals surface area (Å²) in [5, 5.41) is 10.3. The Balaban J connectivity index is 2.32. The van der Waals surface area contributed by atoms with Crippen molar-refractivity contribution in [3.63, 3.8) is 0 Å². The van der Waals surface area contributed by atoms with E-state index in [-0.39, 0.29) is 6.10 Å². The number of rotatable bonds is 9. The van der Waals surface area contributed by atoms with Gasteiger partial charge < -0.3 is 5.11 Å². The highest BCUT2D eigenvalue weighted by atomic mass is 79.9.